The van der Waals surface area contributed by atoms with Crippen LogP contribution < -0.4 is 10.9 Å². The molecule has 0 radical (unpaired) electrons. The Bertz CT molecular complexity index is 1100. The van der Waals surface area contributed by atoms with E-state index in [1.54, 1.807) is 11.9 Å². The number of nitrogens with zero attached hydrogens (tertiary/aromatic N) is 5. The number of hydrogen-bond donors (Lipinski definition) is 1. The van der Waals surface area contributed by atoms with Gasteiger partial charge in [-0.1, -0.05) is 30.3 Å². The van der Waals surface area contributed by atoms with E-state index in [0.29, 0.717) is 36.6 Å². The second-order valence-electron chi connectivity index (χ2n) is 7.41. The number of aryl methyl sites for hydroxylation is 2. The van der Waals surface area contributed by atoms with Gasteiger partial charge in [0, 0.05) is 30.9 Å². The molecule has 0 saturated carbocycles. The normalized spacial score (nSPS) is 14.4. The lowest BCUT2D eigenvalue weighted by atomic mass is 10.1. The number of carbonyl (C=O) groups is 1. The highest BCUT2D eigenvalue weighted by atomic mass is 16.2. The van der Waals surface area contributed by atoms with Crippen LogP contribution in [-0.4, -0.2) is 36.8 Å². The molecule has 0 saturated heterocycles. The Morgan fingerprint density at radius 3 is 2.76 bits per heavy atom. The number of anilines is 1. The third kappa shape index (κ3) is 3.65. The van der Waals surface area contributed by atoms with E-state index < -0.39 is 0 Å². The van der Waals surface area contributed by atoms with E-state index in [0.717, 1.165) is 11.1 Å². The standard InChI is InChI=1S/C21H24N6O2/c1-14-11-27(15(2)16-7-5-4-6-8-16)24-19(14)23-21(29)26-10-9-17-18(12-26)22-13-25(3)20(17)28/h4-8,11,13,15H,9-10,12H2,1-3H3,(H,23,24,29)/t15-/m0/s1. The Morgan fingerprint density at radius 1 is 1.24 bits per heavy atom. The van der Waals surface area contributed by atoms with Crippen molar-refractivity contribution in [2.24, 2.45) is 7.05 Å². The summed E-state index contributed by atoms with van der Waals surface area (Å²) >= 11 is 0. The molecule has 0 spiro atoms. The molecule has 8 heteroatoms. The summed E-state index contributed by atoms with van der Waals surface area (Å²) in [5.74, 6) is 0.542. The largest absolute Gasteiger partial charge is 0.323 e. The Hall–Kier alpha value is -3.42. The van der Waals surface area contributed by atoms with E-state index in [-0.39, 0.29) is 17.6 Å². The number of carbonyl (C=O) groups excluding carboxylic acids is 1. The summed E-state index contributed by atoms with van der Waals surface area (Å²) < 4.78 is 3.33. The van der Waals surface area contributed by atoms with Crippen molar-refractivity contribution in [3.63, 3.8) is 0 Å². The van der Waals surface area contributed by atoms with Crippen molar-refractivity contribution in [1.29, 1.82) is 0 Å². The van der Waals surface area contributed by atoms with Crippen molar-refractivity contribution >= 4 is 11.8 Å². The van der Waals surface area contributed by atoms with Gasteiger partial charge in [-0.25, -0.2) is 9.78 Å². The van der Waals surface area contributed by atoms with Gasteiger partial charge in [0.1, 0.15) is 0 Å². The molecule has 1 N–H and O–H groups in total. The molecule has 1 atom stereocenters. The third-order valence-electron chi connectivity index (χ3n) is 5.39. The number of urea groups is 1. The molecule has 3 heterocycles. The van der Waals surface area contributed by atoms with Gasteiger partial charge >= 0.3 is 6.03 Å². The Labute approximate surface area is 168 Å². The summed E-state index contributed by atoms with van der Waals surface area (Å²) in [4.78, 5) is 31.0. The number of aromatic nitrogens is 4. The van der Waals surface area contributed by atoms with Crippen LogP contribution in [0.15, 0.2) is 47.7 Å². The first-order valence-electron chi connectivity index (χ1n) is 9.64. The molecule has 1 aromatic carbocycles. The van der Waals surface area contributed by atoms with Crippen LogP contribution in [0.4, 0.5) is 10.6 Å². The zero-order valence-electron chi connectivity index (χ0n) is 16.8. The van der Waals surface area contributed by atoms with E-state index in [1.807, 2.05) is 36.0 Å². The molecule has 2 amide bonds. The number of amides is 2. The van der Waals surface area contributed by atoms with Crippen LogP contribution in [0, 0.1) is 6.92 Å². The van der Waals surface area contributed by atoms with Crippen LogP contribution in [0.25, 0.3) is 0 Å². The number of rotatable bonds is 3. The van der Waals surface area contributed by atoms with Crippen LogP contribution >= 0.6 is 0 Å². The minimum absolute atomic E-state index is 0.0421. The fourth-order valence-corrected chi connectivity index (χ4v) is 3.56. The molecule has 29 heavy (non-hydrogen) atoms. The van der Waals surface area contributed by atoms with Crippen molar-refractivity contribution < 1.29 is 4.79 Å². The molecule has 0 bridgehead atoms. The molecule has 150 valence electrons. The lowest BCUT2D eigenvalue weighted by molar-refractivity contribution is 0.205. The molecule has 2 aromatic heterocycles. The van der Waals surface area contributed by atoms with Gasteiger partial charge in [-0.05, 0) is 25.8 Å². The monoisotopic (exact) mass is 392 g/mol. The number of benzene rings is 1. The summed E-state index contributed by atoms with van der Waals surface area (Å²) in [6.45, 7) is 4.78. The smallest absolute Gasteiger partial charge is 0.318 e. The average Bonchev–Trinajstić information content (AvgIpc) is 3.10. The van der Waals surface area contributed by atoms with E-state index in [2.05, 4.69) is 34.5 Å². The molecule has 4 rings (SSSR count). The fourth-order valence-electron chi connectivity index (χ4n) is 3.56. The zero-order valence-corrected chi connectivity index (χ0v) is 16.8. The molecule has 0 fully saturated rings. The molecule has 8 nitrogen and oxygen atoms in total. The minimum atomic E-state index is -0.237. The molecule has 3 aromatic rings. The summed E-state index contributed by atoms with van der Waals surface area (Å²) in [7, 11) is 1.68. The Balaban J connectivity index is 1.48. The topological polar surface area (TPSA) is 85.1 Å². The second kappa shape index (κ2) is 7.54. The molecule has 1 aliphatic rings. The van der Waals surface area contributed by atoms with E-state index >= 15 is 0 Å². The first-order valence-corrected chi connectivity index (χ1v) is 9.64. The van der Waals surface area contributed by atoms with E-state index in [4.69, 9.17) is 0 Å². The number of fused-ring (bicyclic) bond motifs is 1. The predicted molar refractivity (Wildman–Crippen MR) is 110 cm³/mol. The molecule has 1 aliphatic heterocycles. The maximum atomic E-state index is 12.8. The lowest BCUT2D eigenvalue weighted by Gasteiger charge is -2.27. The van der Waals surface area contributed by atoms with E-state index in [9.17, 15) is 9.59 Å². The van der Waals surface area contributed by atoms with Crippen LogP contribution in [0.1, 0.15) is 35.3 Å². The van der Waals surface area contributed by atoms with Crippen molar-refractivity contribution in [3.8, 4) is 0 Å². The summed E-state index contributed by atoms with van der Waals surface area (Å²) in [6.07, 6.45) is 3.94. The van der Waals surface area contributed by atoms with Gasteiger partial charge in [0.2, 0.25) is 0 Å². The van der Waals surface area contributed by atoms with Crippen molar-refractivity contribution in [1.82, 2.24) is 24.2 Å². The molecule has 0 unspecified atom stereocenters. The summed E-state index contributed by atoms with van der Waals surface area (Å²) in [6, 6.07) is 9.92. The van der Waals surface area contributed by atoms with Gasteiger partial charge in [-0.15, -0.1) is 0 Å². The van der Waals surface area contributed by atoms with Crippen LogP contribution in [0.5, 0.6) is 0 Å². The maximum Gasteiger partial charge on any atom is 0.323 e. The first kappa shape index (κ1) is 18.9. The number of hydrogen-bond acceptors (Lipinski definition) is 4. The molecular weight excluding hydrogens is 368 g/mol. The van der Waals surface area contributed by atoms with Gasteiger partial charge in [0.25, 0.3) is 5.56 Å². The highest BCUT2D eigenvalue weighted by Gasteiger charge is 2.25. The van der Waals surface area contributed by atoms with Crippen molar-refractivity contribution in [3.05, 3.63) is 75.6 Å². The Kier molecular flexibility index (Phi) is 4.92. The highest BCUT2D eigenvalue weighted by molar-refractivity contribution is 5.89. The summed E-state index contributed by atoms with van der Waals surface area (Å²) in [5.41, 5.74) is 3.35. The van der Waals surface area contributed by atoms with Crippen LogP contribution in [0.2, 0.25) is 0 Å². The second-order valence-corrected chi connectivity index (χ2v) is 7.41. The molecular formula is C21H24N6O2. The zero-order chi connectivity index (χ0) is 20.5. The summed E-state index contributed by atoms with van der Waals surface area (Å²) in [5, 5.41) is 7.49. The van der Waals surface area contributed by atoms with Crippen molar-refractivity contribution in [2.45, 2.75) is 32.9 Å². The minimum Gasteiger partial charge on any atom is -0.318 e. The number of nitrogens with one attached hydrogen (secondary N) is 1. The first-order chi connectivity index (χ1) is 13.9. The maximum absolute atomic E-state index is 12.8. The van der Waals surface area contributed by atoms with Gasteiger partial charge in [0.15, 0.2) is 5.82 Å². The predicted octanol–water partition coefficient (Wildman–Crippen LogP) is 2.48. The van der Waals surface area contributed by atoms with Crippen LogP contribution in [-0.2, 0) is 20.0 Å². The van der Waals surface area contributed by atoms with Gasteiger partial charge < -0.3 is 9.47 Å². The fraction of sp³-hybridized carbons (Fsp3) is 0.333. The van der Waals surface area contributed by atoms with Gasteiger partial charge in [0.05, 0.1) is 24.6 Å². The van der Waals surface area contributed by atoms with Crippen molar-refractivity contribution in [2.75, 3.05) is 11.9 Å². The lowest BCUT2D eigenvalue weighted by Crippen LogP contribution is -2.42. The third-order valence-corrected chi connectivity index (χ3v) is 5.39. The molecule has 0 aliphatic carbocycles. The van der Waals surface area contributed by atoms with E-state index in [1.165, 1.54) is 10.9 Å². The van der Waals surface area contributed by atoms with Gasteiger partial charge in [-0.3, -0.25) is 14.8 Å². The van der Waals surface area contributed by atoms with Gasteiger partial charge in [-0.2, -0.15) is 5.10 Å². The van der Waals surface area contributed by atoms with Crippen LogP contribution in [0.3, 0.4) is 0 Å². The highest BCUT2D eigenvalue weighted by Crippen LogP contribution is 2.22. The average molecular weight is 392 g/mol. The Morgan fingerprint density at radius 2 is 2.00 bits per heavy atom. The SMILES string of the molecule is Cc1cn([C@@H](C)c2ccccc2)nc1NC(=O)N1CCc2c(ncn(C)c2=O)C1. The quantitative estimate of drug-likeness (QED) is 0.742.